The number of epoxide rings is 1. The van der Waals surface area contributed by atoms with E-state index in [1.165, 1.54) is 0 Å². The molecule has 4 atom stereocenters. The molecule has 156 valence electrons. The fourth-order valence-corrected chi connectivity index (χ4v) is 3.66. The Kier molecular flexibility index (Phi) is 5.08. The third-order valence-electron chi connectivity index (χ3n) is 5.05. The van der Waals surface area contributed by atoms with Crippen molar-refractivity contribution in [3.05, 3.63) is 70.8 Å². The van der Waals surface area contributed by atoms with Gasteiger partial charge in [0.1, 0.15) is 18.3 Å². The van der Waals surface area contributed by atoms with E-state index < -0.39 is 41.8 Å². The van der Waals surface area contributed by atoms with E-state index >= 15 is 0 Å². The minimum Gasteiger partial charge on any atom is -0.372 e. The molecule has 1 N–H and O–H groups in total. The topological polar surface area (TPSA) is 33.8 Å². The molecule has 2 saturated heterocycles. The summed E-state index contributed by atoms with van der Waals surface area (Å²) in [5.41, 5.74) is -1.94. The number of morpholine rings is 1. The van der Waals surface area contributed by atoms with Crippen molar-refractivity contribution in [2.24, 2.45) is 0 Å². The van der Waals surface area contributed by atoms with Crippen molar-refractivity contribution in [3.63, 3.8) is 0 Å². The van der Waals surface area contributed by atoms with Gasteiger partial charge in [-0.3, -0.25) is 0 Å². The fourth-order valence-electron chi connectivity index (χ4n) is 3.66. The molecule has 0 amide bonds. The lowest BCUT2D eigenvalue weighted by atomic mass is 9.94. The Balaban J connectivity index is 1.62. The van der Waals surface area contributed by atoms with Gasteiger partial charge in [-0.15, -0.1) is 0 Å². The molecule has 0 spiro atoms. The molecule has 2 fully saturated rings. The minimum atomic E-state index is -4.89. The number of alkyl halides is 6. The van der Waals surface area contributed by atoms with Gasteiger partial charge in [0.15, 0.2) is 0 Å². The van der Waals surface area contributed by atoms with E-state index in [2.05, 4.69) is 5.32 Å². The molecule has 0 radical (unpaired) electrons. The van der Waals surface area contributed by atoms with Crippen LogP contribution in [0.2, 0.25) is 0 Å². The van der Waals surface area contributed by atoms with Crippen LogP contribution in [-0.2, 0) is 21.8 Å². The van der Waals surface area contributed by atoms with Gasteiger partial charge in [-0.25, -0.2) is 0 Å². The number of halogens is 6. The number of benzene rings is 2. The summed E-state index contributed by atoms with van der Waals surface area (Å²) in [6.07, 6.45) is -11.8. The summed E-state index contributed by atoms with van der Waals surface area (Å²) in [5, 5.41) is 3.29. The highest BCUT2D eigenvalue weighted by Gasteiger charge is 2.51. The highest BCUT2D eigenvalue weighted by atomic mass is 19.4. The molecule has 2 aliphatic heterocycles. The van der Waals surface area contributed by atoms with Crippen LogP contribution in [0.1, 0.15) is 34.4 Å². The molecule has 4 rings (SSSR count). The van der Waals surface area contributed by atoms with Gasteiger partial charge in [0.05, 0.1) is 23.8 Å². The molecule has 0 bridgehead atoms. The molecule has 0 aliphatic carbocycles. The van der Waals surface area contributed by atoms with Crippen LogP contribution in [0, 0.1) is 0 Å². The van der Waals surface area contributed by atoms with Gasteiger partial charge < -0.3 is 14.8 Å². The van der Waals surface area contributed by atoms with Gasteiger partial charge in [-0.2, -0.15) is 26.3 Å². The Morgan fingerprint density at radius 3 is 2.00 bits per heavy atom. The first-order valence-corrected chi connectivity index (χ1v) is 8.99. The standard InChI is InChI=1S/C20H17F6NO2/c21-19(22,23)13-8-12(9-14(10-13)20(24,25)26)16-18(29-16)17-15(27-6-7-28-17)11-4-2-1-3-5-11/h1-5,8-10,15-18,27H,6-7H2/t15-,16?,17-,18?/m1/s1. The average Bonchev–Trinajstić information content (AvgIpc) is 3.48. The molecule has 2 aromatic rings. The first kappa shape index (κ1) is 20.2. The number of hydrogen-bond acceptors (Lipinski definition) is 3. The third-order valence-corrected chi connectivity index (χ3v) is 5.05. The molecule has 2 unspecified atom stereocenters. The number of hydrogen-bond donors (Lipinski definition) is 1. The lowest BCUT2D eigenvalue weighted by molar-refractivity contribution is -0.143. The first-order chi connectivity index (χ1) is 13.6. The zero-order chi connectivity index (χ0) is 20.8. The highest BCUT2D eigenvalue weighted by Crippen LogP contribution is 2.48. The third kappa shape index (κ3) is 4.26. The molecule has 29 heavy (non-hydrogen) atoms. The second-order valence-electron chi connectivity index (χ2n) is 7.04. The van der Waals surface area contributed by atoms with Crippen molar-refractivity contribution in [1.82, 2.24) is 5.32 Å². The molecule has 3 nitrogen and oxygen atoms in total. The SMILES string of the molecule is FC(F)(F)c1cc(C2OC2[C@@H]2OCCN[C@@H]2c2ccccc2)cc(C(F)(F)F)c1. The molecule has 9 heteroatoms. The summed E-state index contributed by atoms with van der Waals surface area (Å²) >= 11 is 0. The summed E-state index contributed by atoms with van der Waals surface area (Å²) in [4.78, 5) is 0. The summed E-state index contributed by atoms with van der Waals surface area (Å²) in [6.45, 7) is 0.951. The molecule has 2 aliphatic rings. The predicted molar refractivity (Wildman–Crippen MR) is 91.0 cm³/mol. The van der Waals surface area contributed by atoms with E-state index in [4.69, 9.17) is 9.47 Å². The van der Waals surface area contributed by atoms with Crippen molar-refractivity contribution in [1.29, 1.82) is 0 Å². The van der Waals surface area contributed by atoms with Crippen LogP contribution in [0.4, 0.5) is 26.3 Å². The van der Waals surface area contributed by atoms with E-state index in [-0.39, 0.29) is 17.7 Å². The molecular weight excluding hydrogens is 400 g/mol. The van der Waals surface area contributed by atoms with Crippen molar-refractivity contribution in [2.75, 3.05) is 13.2 Å². The zero-order valence-electron chi connectivity index (χ0n) is 14.9. The zero-order valence-corrected chi connectivity index (χ0v) is 14.9. The maximum absolute atomic E-state index is 13.1. The lowest BCUT2D eigenvalue weighted by Gasteiger charge is -2.32. The van der Waals surface area contributed by atoms with Gasteiger partial charge in [0.25, 0.3) is 0 Å². The number of rotatable bonds is 3. The van der Waals surface area contributed by atoms with E-state index in [1.807, 2.05) is 30.3 Å². The Morgan fingerprint density at radius 2 is 1.41 bits per heavy atom. The summed E-state index contributed by atoms with van der Waals surface area (Å²) < 4.78 is 90.0. The second-order valence-corrected chi connectivity index (χ2v) is 7.04. The van der Waals surface area contributed by atoms with Crippen molar-refractivity contribution in [2.45, 2.75) is 36.7 Å². The normalized spacial score (nSPS) is 27.7. The van der Waals surface area contributed by atoms with Crippen LogP contribution in [-0.4, -0.2) is 25.4 Å². The van der Waals surface area contributed by atoms with Crippen molar-refractivity contribution >= 4 is 0 Å². The lowest BCUT2D eigenvalue weighted by Crippen LogP contribution is -2.44. The number of nitrogens with one attached hydrogen (secondary N) is 1. The van der Waals surface area contributed by atoms with E-state index in [0.29, 0.717) is 25.3 Å². The first-order valence-electron chi connectivity index (χ1n) is 8.99. The molecule has 0 saturated carbocycles. The van der Waals surface area contributed by atoms with Gasteiger partial charge in [0, 0.05) is 6.54 Å². The van der Waals surface area contributed by atoms with E-state index in [0.717, 1.165) is 5.56 Å². The van der Waals surface area contributed by atoms with Crippen LogP contribution < -0.4 is 5.32 Å². The monoisotopic (exact) mass is 417 g/mol. The second kappa shape index (κ2) is 7.30. The smallest absolute Gasteiger partial charge is 0.372 e. The Labute approximate surface area is 162 Å². The van der Waals surface area contributed by atoms with E-state index in [1.54, 1.807) is 0 Å². The Hall–Kier alpha value is -2.10. The van der Waals surface area contributed by atoms with Gasteiger partial charge >= 0.3 is 12.4 Å². The van der Waals surface area contributed by atoms with Crippen molar-refractivity contribution in [3.8, 4) is 0 Å². The summed E-state index contributed by atoms with van der Waals surface area (Å²) in [5.74, 6) is 0. The summed E-state index contributed by atoms with van der Waals surface area (Å²) in [6, 6.07) is 10.6. The van der Waals surface area contributed by atoms with Gasteiger partial charge in [-0.05, 0) is 29.3 Å². The van der Waals surface area contributed by atoms with Crippen LogP contribution in [0.25, 0.3) is 0 Å². The molecule has 2 heterocycles. The predicted octanol–water partition coefficient (Wildman–Crippen LogP) is 4.89. The highest BCUT2D eigenvalue weighted by molar-refractivity contribution is 5.37. The summed E-state index contributed by atoms with van der Waals surface area (Å²) in [7, 11) is 0. The Morgan fingerprint density at radius 1 is 0.793 bits per heavy atom. The van der Waals surface area contributed by atoms with E-state index in [9.17, 15) is 26.3 Å². The van der Waals surface area contributed by atoms with Crippen molar-refractivity contribution < 1.29 is 35.8 Å². The maximum atomic E-state index is 13.1. The molecule has 2 aromatic carbocycles. The van der Waals surface area contributed by atoms with Gasteiger partial charge in [0.2, 0.25) is 0 Å². The molecule has 0 aromatic heterocycles. The molecular formula is C20H17F6NO2. The van der Waals surface area contributed by atoms with Crippen LogP contribution in [0.3, 0.4) is 0 Å². The number of ether oxygens (including phenoxy) is 2. The minimum absolute atomic E-state index is 0.117. The maximum Gasteiger partial charge on any atom is 0.416 e. The van der Waals surface area contributed by atoms with Crippen LogP contribution in [0.15, 0.2) is 48.5 Å². The van der Waals surface area contributed by atoms with Crippen LogP contribution >= 0.6 is 0 Å². The average molecular weight is 417 g/mol. The van der Waals surface area contributed by atoms with Gasteiger partial charge in [-0.1, -0.05) is 30.3 Å². The largest absolute Gasteiger partial charge is 0.416 e. The van der Waals surface area contributed by atoms with Crippen LogP contribution in [0.5, 0.6) is 0 Å². The Bertz CT molecular complexity index is 835. The quantitative estimate of drug-likeness (QED) is 0.570. The fraction of sp³-hybridized carbons (Fsp3) is 0.400.